The van der Waals surface area contributed by atoms with Gasteiger partial charge in [-0.15, -0.1) is 0 Å². The summed E-state index contributed by atoms with van der Waals surface area (Å²) in [5.41, 5.74) is 0. The third-order valence-corrected chi connectivity index (χ3v) is 4.21. The van der Waals surface area contributed by atoms with Crippen LogP contribution >= 0.6 is 0 Å². The van der Waals surface area contributed by atoms with E-state index in [0.29, 0.717) is 19.1 Å². The number of fused-ring (bicyclic) bond motifs is 1. The Labute approximate surface area is 130 Å². The van der Waals surface area contributed by atoms with Gasteiger partial charge >= 0.3 is 0 Å². The van der Waals surface area contributed by atoms with Gasteiger partial charge in [0.05, 0.1) is 31.6 Å². The number of ether oxygens (including phenoxy) is 2. The molecule has 2 saturated heterocycles. The third kappa shape index (κ3) is 3.37. The summed E-state index contributed by atoms with van der Waals surface area (Å²) in [6, 6.07) is 0.212. The average Bonchev–Trinajstić information content (AvgIpc) is 2.87. The highest BCUT2D eigenvalue weighted by Gasteiger charge is 2.45. The fourth-order valence-corrected chi connectivity index (χ4v) is 3.13. The van der Waals surface area contributed by atoms with Gasteiger partial charge in [-0.05, 0) is 26.9 Å². The molecule has 3 atom stereocenters. The maximum atomic E-state index is 13.0. The van der Waals surface area contributed by atoms with Gasteiger partial charge in [0.25, 0.3) is 0 Å². The topological polar surface area (TPSA) is 50.7 Å². The second-order valence-corrected chi connectivity index (χ2v) is 6.11. The van der Waals surface area contributed by atoms with E-state index in [1.54, 1.807) is 0 Å². The van der Waals surface area contributed by atoms with Crippen LogP contribution in [-0.2, 0) is 9.47 Å². The molecule has 3 heterocycles. The third-order valence-electron chi connectivity index (χ3n) is 4.21. The van der Waals surface area contributed by atoms with Crippen LogP contribution in [0.15, 0.2) is 12.4 Å². The van der Waals surface area contributed by atoms with E-state index in [1.165, 1.54) is 12.4 Å². The molecule has 22 heavy (non-hydrogen) atoms. The van der Waals surface area contributed by atoms with Gasteiger partial charge in [0, 0.05) is 13.2 Å². The van der Waals surface area contributed by atoms with Crippen LogP contribution in [0.2, 0.25) is 0 Å². The number of likely N-dealkylation sites (N-methyl/N-ethyl adjacent to an activating group) is 1. The minimum Gasteiger partial charge on any atom is -0.373 e. The highest BCUT2D eigenvalue weighted by molar-refractivity contribution is 5.35. The van der Waals surface area contributed by atoms with Crippen molar-refractivity contribution in [3.63, 3.8) is 0 Å². The van der Waals surface area contributed by atoms with Gasteiger partial charge in [0.2, 0.25) is 5.95 Å². The molecule has 0 amide bonds. The molecule has 2 aliphatic rings. The Morgan fingerprint density at radius 3 is 2.91 bits per heavy atom. The number of rotatable bonds is 5. The molecule has 2 fully saturated rings. The van der Waals surface area contributed by atoms with Gasteiger partial charge in [0.15, 0.2) is 5.82 Å². The van der Waals surface area contributed by atoms with Crippen LogP contribution in [0, 0.1) is 5.82 Å². The molecule has 0 spiro atoms. The Bertz CT molecular complexity index is 485. The minimum atomic E-state index is -0.418. The lowest BCUT2D eigenvalue weighted by atomic mass is 10.0. The van der Waals surface area contributed by atoms with Crippen molar-refractivity contribution in [2.24, 2.45) is 0 Å². The van der Waals surface area contributed by atoms with E-state index in [4.69, 9.17) is 9.47 Å². The standard InChI is InChI=1S/C15H23FN4O2/c1-19(2)5-7-21-13-10-20(12-4-3-6-22-14(12)13)15-17-8-11(16)9-18-15/h8-9,12-14H,3-7,10H2,1-2H3/t12-,13+,14+/m1/s1. The zero-order valence-corrected chi connectivity index (χ0v) is 13.1. The van der Waals surface area contributed by atoms with Gasteiger partial charge in [-0.3, -0.25) is 0 Å². The maximum absolute atomic E-state index is 13.0. The van der Waals surface area contributed by atoms with Crippen molar-refractivity contribution in [1.29, 1.82) is 0 Å². The minimum absolute atomic E-state index is 0.0129. The van der Waals surface area contributed by atoms with E-state index in [1.807, 2.05) is 14.1 Å². The quantitative estimate of drug-likeness (QED) is 0.806. The largest absolute Gasteiger partial charge is 0.373 e. The molecule has 1 aromatic heterocycles. The molecule has 0 radical (unpaired) electrons. The summed E-state index contributed by atoms with van der Waals surface area (Å²) in [5.74, 6) is 0.138. The summed E-state index contributed by atoms with van der Waals surface area (Å²) in [5, 5.41) is 0. The Morgan fingerprint density at radius 2 is 2.18 bits per heavy atom. The molecule has 3 rings (SSSR count). The summed E-state index contributed by atoms with van der Waals surface area (Å²) in [7, 11) is 4.05. The van der Waals surface area contributed by atoms with E-state index >= 15 is 0 Å². The SMILES string of the molecule is CN(C)CCO[C@H]1CN(c2ncc(F)cn2)[C@@H]2CCCO[C@H]12. The lowest BCUT2D eigenvalue weighted by Gasteiger charge is -2.32. The Kier molecular flexibility index (Phi) is 4.85. The Hall–Kier alpha value is -1.31. The summed E-state index contributed by atoms with van der Waals surface area (Å²) in [6.07, 6.45) is 4.52. The smallest absolute Gasteiger partial charge is 0.225 e. The van der Waals surface area contributed by atoms with E-state index in [0.717, 1.165) is 26.0 Å². The van der Waals surface area contributed by atoms with Gasteiger partial charge in [-0.2, -0.15) is 0 Å². The van der Waals surface area contributed by atoms with Crippen LogP contribution in [0.5, 0.6) is 0 Å². The monoisotopic (exact) mass is 310 g/mol. The zero-order chi connectivity index (χ0) is 15.5. The van der Waals surface area contributed by atoms with Crippen LogP contribution in [0.25, 0.3) is 0 Å². The molecule has 1 aromatic rings. The summed E-state index contributed by atoms with van der Waals surface area (Å²) in [6.45, 7) is 3.00. The normalized spacial score (nSPS) is 28.2. The fourth-order valence-electron chi connectivity index (χ4n) is 3.13. The van der Waals surface area contributed by atoms with E-state index in [-0.39, 0.29) is 18.2 Å². The molecule has 122 valence electrons. The molecule has 7 heteroatoms. The molecular weight excluding hydrogens is 287 g/mol. The van der Waals surface area contributed by atoms with Crippen molar-refractivity contribution >= 4 is 5.95 Å². The first-order valence-electron chi connectivity index (χ1n) is 7.77. The summed E-state index contributed by atoms with van der Waals surface area (Å²) in [4.78, 5) is 12.4. The maximum Gasteiger partial charge on any atom is 0.225 e. The number of hydrogen-bond acceptors (Lipinski definition) is 6. The number of anilines is 1. The summed E-state index contributed by atoms with van der Waals surface area (Å²) < 4.78 is 25.0. The Balaban J connectivity index is 1.70. The van der Waals surface area contributed by atoms with Crippen molar-refractivity contribution < 1.29 is 13.9 Å². The van der Waals surface area contributed by atoms with Gasteiger partial charge in [-0.1, -0.05) is 0 Å². The highest BCUT2D eigenvalue weighted by atomic mass is 19.1. The molecule has 0 N–H and O–H groups in total. The summed E-state index contributed by atoms with van der Waals surface area (Å²) >= 11 is 0. The first-order chi connectivity index (χ1) is 10.6. The van der Waals surface area contributed by atoms with Crippen molar-refractivity contribution in [1.82, 2.24) is 14.9 Å². The van der Waals surface area contributed by atoms with Crippen molar-refractivity contribution in [3.8, 4) is 0 Å². The zero-order valence-electron chi connectivity index (χ0n) is 13.1. The highest BCUT2D eigenvalue weighted by Crippen LogP contribution is 2.32. The molecule has 0 aliphatic carbocycles. The van der Waals surface area contributed by atoms with Gasteiger partial charge < -0.3 is 19.3 Å². The molecule has 2 aliphatic heterocycles. The first-order valence-corrected chi connectivity index (χ1v) is 7.77. The molecule has 0 unspecified atom stereocenters. The van der Waals surface area contributed by atoms with E-state index < -0.39 is 5.82 Å². The number of halogens is 1. The molecule has 6 nitrogen and oxygen atoms in total. The second kappa shape index (κ2) is 6.85. The van der Waals surface area contributed by atoms with Crippen molar-refractivity contribution in [3.05, 3.63) is 18.2 Å². The van der Waals surface area contributed by atoms with E-state index in [9.17, 15) is 4.39 Å². The van der Waals surface area contributed by atoms with Crippen LogP contribution < -0.4 is 4.90 Å². The number of aromatic nitrogens is 2. The van der Waals surface area contributed by atoms with Crippen LogP contribution in [-0.4, -0.2) is 73.5 Å². The average molecular weight is 310 g/mol. The molecule has 0 saturated carbocycles. The van der Waals surface area contributed by atoms with E-state index in [2.05, 4.69) is 19.8 Å². The molecule has 0 aromatic carbocycles. The predicted molar refractivity (Wildman–Crippen MR) is 80.4 cm³/mol. The fraction of sp³-hybridized carbons (Fsp3) is 0.733. The first kappa shape index (κ1) is 15.6. The van der Waals surface area contributed by atoms with Crippen LogP contribution in [0.3, 0.4) is 0 Å². The van der Waals surface area contributed by atoms with Crippen molar-refractivity contribution in [2.45, 2.75) is 31.1 Å². The lowest BCUT2D eigenvalue weighted by molar-refractivity contribution is -0.0748. The number of hydrogen-bond donors (Lipinski definition) is 0. The lowest BCUT2D eigenvalue weighted by Crippen LogP contribution is -2.42. The van der Waals surface area contributed by atoms with Crippen LogP contribution in [0.4, 0.5) is 10.3 Å². The molecular formula is C15H23FN4O2. The van der Waals surface area contributed by atoms with Crippen LogP contribution in [0.1, 0.15) is 12.8 Å². The molecule has 0 bridgehead atoms. The van der Waals surface area contributed by atoms with Gasteiger partial charge in [-0.25, -0.2) is 14.4 Å². The second-order valence-electron chi connectivity index (χ2n) is 6.11. The van der Waals surface area contributed by atoms with Gasteiger partial charge in [0.1, 0.15) is 12.2 Å². The number of nitrogens with zero attached hydrogens (tertiary/aromatic N) is 4. The predicted octanol–water partition coefficient (Wildman–Crippen LogP) is 0.930. The van der Waals surface area contributed by atoms with Crippen molar-refractivity contribution in [2.75, 3.05) is 45.3 Å². The Morgan fingerprint density at radius 1 is 1.41 bits per heavy atom.